The summed E-state index contributed by atoms with van der Waals surface area (Å²) in [5.41, 5.74) is 13.9. The van der Waals surface area contributed by atoms with Gasteiger partial charge in [-0.2, -0.15) is 5.10 Å². The zero-order chi connectivity index (χ0) is 23.0. The number of rotatable bonds is 4. The third-order valence-corrected chi connectivity index (χ3v) is 6.43. The van der Waals surface area contributed by atoms with Crippen LogP contribution in [0.25, 0.3) is 10.6 Å². The number of aromatic nitrogens is 3. The average molecular weight is 463 g/mol. The Labute approximate surface area is 187 Å². The first-order valence-corrected chi connectivity index (χ1v) is 10.9. The molecule has 5 N–H and O–H groups in total. The zero-order valence-electron chi connectivity index (χ0n) is 17.6. The zero-order valence-corrected chi connectivity index (χ0v) is 18.5. The van der Waals surface area contributed by atoms with Crippen LogP contribution in [-0.2, 0) is 11.8 Å². The Kier molecular flexibility index (Phi) is 6.22. The number of alkyl halides is 1. The number of amides is 1. The summed E-state index contributed by atoms with van der Waals surface area (Å²) in [5.74, 6) is -0.989. The van der Waals surface area contributed by atoms with Crippen molar-refractivity contribution >= 4 is 27.9 Å². The van der Waals surface area contributed by atoms with Crippen LogP contribution in [0.1, 0.15) is 40.7 Å². The van der Waals surface area contributed by atoms with Gasteiger partial charge in [-0.15, -0.1) is 0 Å². The Morgan fingerprint density at radius 2 is 2.16 bits per heavy atom. The fourth-order valence-electron chi connectivity index (χ4n) is 3.77. The van der Waals surface area contributed by atoms with Crippen LogP contribution in [0, 0.1) is 12.7 Å². The molecule has 11 heteroatoms. The largest absolute Gasteiger partial charge is 0.389 e. The van der Waals surface area contributed by atoms with Gasteiger partial charge in [-0.05, 0) is 31.4 Å². The molecule has 0 bridgehead atoms. The molecular weight excluding hydrogens is 438 g/mol. The molecule has 0 radical (unpaired) electrons. The first kappa shape index (κ1) is 22.3. The van der Waals surface area contributed by atoms with Gasteiger partial charge in [-0.25, -0.2) is 13.8 Å². The number of carbonyl (C=O) groups excluding carboxylic acids is 1. The molecule has 4 rings (SSSR count). The number of anilines is 2. The number of benzene rings is 1. The van der Waals surface area contributed by atoms with E-state index < -0.39 is 30.0 Å². The van der Waals surface area contributed by atoms with Crippen LogP contribution in [0.4, 0.5) is 19.5 Å². The summed E-state index contributed by atoms with van der Waals surface area (Å²) in [5, 5.41) is 7.46. The second kappa shape index (κ2) is 8.93. The molecule has 1 aromatic carbocycles. The Morgan fingerprint density at radius 1 is 1.38 bits per heavy atom. The average Bonchev–Trinajstić information content (AvgIpc) is 3.25. The monoisotopic (exact) mass is 462 g/mol. The van der Waals surface area contributed by atoms with Crippen LogP contribution in [0.3, 0.4) is 0 Å². The van der Waals surface area contributed by atoms with Gasteiger partial charge in [0.15, 0.2) is 5.69 Å². The second-order valence-corrected chi connectivity index (χ2v) is 8.79. The third-order valence-electron chi connectivity index (χ3n) is 5.53. The highest BCUT2D eigenvalue weighted by atomic mass is 32.1. The highest BCUT2D eigenvalue weighted by Crippen LogP contribution is 2.35. The van der Waals surface area contributed by atoms with Gasteiger partial charge in [-0.3, -0.25) is 9.48 Å². The predicted octanol–water partition coefficient (Wildman–Crippen LogP) is 3.34. The number of thiazole rings is 1. The van der Waals surface area contributed by atoms with Crippen LogP contribution >= 0.6 is 11.3 Å². The van der Waals surface area contributed by atoms with Crippen LogP contribution in [0.2, 0.25) is 0 Å². The number of halogens is 2. The van der Waals surface area contributed by atoms with Crippen LogP contribution < -0.4 is 16.8 Å². The van der Waals surface area contributed by atoms with Gasteiger partial charge in [0.2, 0.25) is 0 Å². The molecule has 3 atom stereocenters. The van der Waals surface area contributed by atoms with Crippen LogP contribution in [-0.4, -0.2) is 39.5 Å². The fraction of sp³-hybridized carbons (Fsp3) is 0.381. The summed E-state index contributed by atoms with van der Waals surface area (Å²) in [7, 11) is 1.71. The normalized spacial score (nSPS) is 21.3. The SMILES string of the molecule is Cc1cccc(F)c1-c1nc(C(=O)Nc2cnn(C)c2[C@@H]2CC[C@@H](N)[C@H](F)CO2)c(N)s1. The number of hydrogen-bond donors (Lipinski definition) is 3. The summed E-state index contributed by atoms with van der Waals surface area (Å²) in [6.07, 6.45) is 0.683. The number of nitrogens with one attached hydrogen (secondary N) is 1. The molecule has 3 heterocycles. The lowest BCUT2D eigenvalue weighted by molar-refractivity contribution is 0.0247. The van der Waals surface area contributed by atoms with Crippen molar-refractivity contribution in [2.45, 2.75) is 38.1 Å². The fourth-order valence-corrected chi connectivity index (χ4v) is 4.71. The van der Waals surface area contributed by atoms with E-state index in [0.717, 1.165) is 11.3 Å². The summed E-state index contributed by atoms with van der Waals surface area (Å²) < 4.78 is 35.6. The summed E-state index contributed by atoms with van der Waals surface area (Å²) in [4.78, 5) is 17.3. The standard InChI is InChI=1S/C21H24F2N6O2S/c1-10-4-3-5-11(22)16(10)21-28-17(19(25)32-21)20(30)27-14-8-26-29(2)18(14)15-7-6-13(24)12(23)9-31-15/h3-5,8,12-13,15H,6-7,9,24-25H2,1-2H3,(H,27,30)/t12-,13-,15+/m1/s1. The summed E-state index contributed by atoms with van der Waals surface area (Å²) in [6.45, 7) is 1.63. The Morgan fingerprint density at radius 3 is 2.91 bits per heavy atom. The van der Waals surface area contributed by atoms with Crippen molar-refractivity contribution in [3.63, 3.8) is 0 Å². The molecule has 8 nitrogen and oxygen atoms in total. The number of aryl methyl sites for hydroxylation is 2. The highest BCUT2D eigenvalue weighted by Gasteiger charge is 2.30. The molecule has 0 spiro atoms. The van der Waals surface area contributed by atoms with E-state index in [1.807, 2.05) is 0 Å². The van der Waals surface area contributed by atoms with E-state index in [4.69, 9.17) is 16.2 Å². The van der Waals surface area contributed by atoms with E-state index in [0.29, 0.717) is 40.4 Å². The molecular formula is C21H24F2N6O2S. The maximum Gasteiger partial charge on any atom is 0.277 e. The van der Waals surface area contributed by atoms with Crippen molar-refractivity contribution in [2.75, 3.05) is 17.7 Å². The van der Waals surface area contributed by atoms with Crippen molar-refractivity contribution in [3.8, 4) is 10.6 Å². The molecule has 1 saturated heterocycles. The van der Waals surface area contributed by atoms with Crippen molar-refractivity contribution in [2.24, 2.45) is 12.8 Å². The molecule has 2 aromatic heterocycles. The second-order valence-electron chi connectivity index (χ2n) is 7.76. The molecule has 1 fully saturated rings. The van der Waals surface area contributed by atoms with Gasteiger partial charge < -0.3 is 21.5 Å². The molecule has 1 amide bonds. The molecule has 0 aliphatic carbocycles. The Balaban J connectivity index is 1.59. The van der Waals surface area contributed by atoms with Gasteiger partial charge in [-0.1, -0.05) is 23.5 Å². The van der Waals surface area contributed by atoms with E-state index >= 15 is 0 Å². The molecule has 3 aromatic rings. The maximum atomic E-state index is 14.3. The minimum Gasteiger partial charge on any atom is -0.389 e. The van der Waals surface area contributed by atoms with Crippen molar-refractivity contribution in [1.29, 1.82) is 0 Å². The van der Waals surface area contributed by atoms with E-state index in [9.17, 15) is 13.6 Å². The highest BCUT2D eigenvalue weighted by molar-refractivity contribution is 7.19. The minimum absolute atomic E-state index is 0.00455. The lowest BCUT2D eigenvalue weighted by Crippen LogP contribution is -2.32. The number of nitrogens with two attached hydrogens (primary N) is 2. The van der Waals surface area contributed by atoms with E-state index in [1.165, 1.54) is 12.3 Å². The molecule has 32 heavy (non-hydrogen) atoms. The van der Waals surface area contributed by atoms with Crippen LogP contribution in [0.15, 0.2) is 24.4 Å². The quantitative estimate of drug-likeness (QED) is 0.547. The molecule has 0 saturated carbocycles. The number of ether oxygens (including phenoxy) is 1. The molecule has 0 unspecified atom stereocenters. The summed E-state index contributed by atoms with van der Waals surface area (Å²) >= 11 is 1.04. The Hall–Kier alpha value is -2.89. The third kappa shape index (κ3) is 4.23. The smallest absolute Gasteiger partial charge is 0.277 e. The lowest BCUT2D eigenvalue weighted by Gasteiger charge is -2.17. The molecule has 1 aliphatic rings. The van der Waals surface area contributed by atoms with E-state index in [2.05, 4.69) is 15.4 Å². The van der Waals surface area contributed by atoms with Gasteiger partial charge in [0.1, 0.15) is 28.1 Å². The predicted molar refractivity (Wildman–Crippen MR) is 119 cm³/mol. The van der Waals surface area contributed by atoms with E-state index in [-0.39, 0.29) is 17.3 Å². The van der Waals surface area contributed by atoms with Gasteiger partial charge in [0.05, 0.1) is 24.2 Å². The van der Waals surface area contributed by atoms with Crippen LogP contribution in [0.5, 0.6) is 0 Å². The first-order chi connectivity index (χ1) is 15.3. The minimum atomic E-state index is -1.25. The number of hydrogen-bond acceptors (Lipinski definition) is 7. The van der Waals surface area contributed by atoms with Gasteiger partial charge >= 0.3 is 0 Å². The molecule has 1 aliphatic heterocycles. The van der Waals surface area contributed by atoms with Crippen molar-refractivity contribution < 1.29 is 18.3 Å². The van der Waals surface area contributed by atoms with Crippen molar-refractivity contribution in [1.82, 2.24) is 14.8 Å². The summed E-state index contributed by atoms with van der Waals surface area (Å²) in [6, 6.07) is 4.11. The van der Waals surface area contributed by atoms with E-state index in [1.54, 1.807) is 30.8 Å². The topological polar surface area (TPSA) is 121 Å². The maximum absolute atomic E-state index is 14.3. The van der Waals surface area contributed by atoms with Crippen molar-refractivity contribution in [3.05, 3.63) is 47.2 Å². The Bertz CT molecular complexity index is 1120. The van der Waals surface area contributed by atoms with Gasteiger partial charge in [0, 0.05) is 18.7 Å². The lowest BCUT2D eigenvalue weighted by atomic mass is 10.0. The number of carbonyl (C=O) groups is 1. The molecule has 170 valence electrons. The number of nitrogens with zero attached hydrogens (tertiary/aromatic N) is 3. The van der Waals surface area contributed by atoms with Gasteiger partial charge in [0.25, 0.3) is 5.91 Å². The first-order valence-electron chi connectivity index (χ1n) is 10.1. The number of nitrogen functional groups attached to an aromatic ring is 1.